The minimum Gasteiger partial charge on any atom is -0.376 e. The third-order valence-electron chi connectivity index (χ3n) is 6.09. The van der Waals surface area contributed by atoms with Crippen LogP contribution in [0.15, 0.2) is 70.7 Å². The van der Waals surface area contributed by atoms with E-state index in [4.69, 9.17) is 4.74 Å². The summed E-state index contributed by atoms with van der Waals surface area (Å²) in [5.74, 6) is 0.0264. The number of hydrogen-bond acceptors (Lipinski definition) is 6. The average Bonchev–Trinajstić information content (AvgIpc) is 3.38. The number of hydrogen-bond donors (Lipinski definition) is 1. The van der Waals surface area contributed by atoms with Crippen molar-refractivity contribution in [2.75, 3.05) is 12.4 Å². The first-order valence-electron chi connectivity index (χ1n) is 11.5. The second kappa shape index (κ2) is 9.95. The molecule has 1 fully saturated rings. The molecule has 0 unspecified atom stereocenters. The second-order valence-corrected chi connectivity index (χ2v) is 9.45. The molecular weight excluding hydrogens is 448 g/mol. The molecule has 0 spiro atoms. The maximum atomic E-state index is 13.2. The fourth-order valence-electron chi connectivity index (χ4n) is 4.27. The van der Waals surface area contributed by atoms with Crippen molar-refractivity contribution in [1.82, 2.24) is 19.9 Å². The summed E-state index contributed by atoms with van der Waals surface area (Å²) in [7, 11) is 0. The quantitative estimate of drug-likeness (QED) is 0.321. The van der Waals surface area contributed by atoms with Gasteiger partial charge in [0, 0.05) is 12.8 Å². The average molecular weight is 475 g/mol. The van der Waals surface area contributed by atoms with E-state index in [2.05, 4.69) is 39.6 Å². The van der Waals surface area contributed by atoms with Crippen LogP contribution >= 0.6 is 11.8 Å². The number of ether oxygens (including phenoxy) is 1. The number of aromatic nitrogens is 3. The highest BCUT2D eigenvalue weighted by molar-refractivity contribution is 7.99. The van der Waals surface area contributed by atoms with Crippen LogP contribution in [0.4, 0.5) is 0 Å². The Morgan fingerprint density at radius 3 is 2.88 bits per heavy atom. The Hall–Kier alpha value is -3.23. The molecule has 0 saturated carbocycles. The standard InChI is InChI=1S/C26H26N4O3S/c1-17(19-11-10-18-6-2-3-7-20(18)14-19)28-23(31)16-34-26-29-24-22(9-4-12-27-24)25(32)30(26)15-21-8-5-13-33-21/h2-4,6-7,9-12,14,17,21H,5,8,13,15-16H2,1H3,(H,28,31)/t17-,21-/m0/s1. The van der Waals surface area contributed by atoms with E-state index in [9.17, 15) is 9.59 Å². The Morgan fingerprint density at radius 1 is 1.21 bits per heavy atom. The minimum atomic E-state index is -0.152. The normalized spacial score (nSPS) is 16.7. The van der Waals surface area contributed by atoms with E-state index in [1.54, 1.807) is 22.9 Å². The lowest BCUT2D eigenvalue weighted by molar-refractivity contribution is -0.119. The molecule has 34 heavy (non-hydrogen) atoms. The molecule has 174 valence electrons. The number of carbonyl (C=O) groups excluding carboxylic acids is 1. The van der Waals surface area contributed by atoms with Crippen molar-refractivity contribution in [2.24, 2.45) is 0 Å². The monoisotopic (exact) mass is 474 g/mol. The molecule has 0 radical (unpaired) electrons. The highest BCUT2D eigenvalue weighted by atomic mass is 32.2. The number of nitrogens with zero attached hydrogens (tertiary/aromatic N) is 3. The van der Waals surface area contributed by atoms with Gasteiger partial charge in [-0.1, -0.05) is 48.2 Å². The Labute approximate surface area is 201 Å². The molecule has 2 atom stereocenters. The minimum absolute atomic E-state index is 0.0188. The smallest absolute Gasteiger partial charge is 0.263 e. The lowest BCUT2D eigenvalue weighted by Gasteiger charge is -2.17. The molecule has 8 heteroatoms. The molecule has 5 rings (SSSR count). The molecule has 1 amide bonds. The van der Waals surface area contributed by atoms with Gasteiger partial charge < -0.3 is 10.1 Å². The van der Waals surface area contributed by atoms with Crippen molar-refractivity contribution in [2.45, 2.75) is 43.6 Å². The third-order valence-corrected chi connectivity index (χ3v) is 7.06. The lowest BCUT2D eigenvalue weighted by Crippen LogP contribution is -2.31. The van der Waals surface area contributed by atoms with Gasteiger partial charge in [-0.2, -0.15) is 0 Å². The second-order valence-electron chi connectivity index (χ2n) is 8.50. The molecule has 7 nitrogen and oxygen atoms in total. The van der Waals surface area contributed by atoms with Gasteiger partial charge in [0.1, 0.15) is 0 Å². The van der Waals surface area contributed by atoms with E-state index in [0.29, 0.717) is 29.3 Å². The molecule has 3 heterocycles. The van der Waals surface area contributed by atoms with Gasteiger partial charge in [0.15, 0.2) is 10.8 Å². The van der Waals surface area contributed by atoms with Gasteiger partial charge in [-0.15, -0.1) is 0 Å². The van der Waals surface area contributed by atoms with Crippen LogP contribution in [0.5, 0.6) is 0 Å². The van der Waals surface area contributed by atoms with Crippen molar-refractivity contribution in [3.8, 4) is 0 Å². The van der Waals surface area contributed by atoms with E-state index in [1.165, 1.54) is 17.1 Å². The van der Waals surface area contributed by atoms with Crippen molar-refractivity contribution >= 4 is 39.5 Å². The van der Waals surface area contributed by atoms with Crippen molar-refractivity contribution < 1.29 is 9.53 Å². The molecule has 1 aliphatic heterocycles. The summed E-state index contributed by atoms with van der Waals surface area (Å²) in [5, 5.41) is 6.33. The predicted molar refractivity (Wildman–Crippen MR) is 134 cm³/mol. The summed E-state index contributed by atoms with van der Waals surface area (Å²) < 4.78 is 7.37. The molecular formula is C26H26N4O3S. The molecule has 0 bridgehead atoms. The van der Waals surface area contributed by atoms with E-state index >= 15 is 0 Å². The van der Waals surface area contributed by atoms with Crippen LogP contribution in [0.25, 0.3) is 21.8 Å². The molecule has 1 N–H and O–H groups in total. The summed E-state index contributed by atoms with van der Waals surface area (Å²) in [6.45, 7) is 3.10. The highest BCUT2D eigenvalue weighted by Gasteiger charge is 2.21. The Kier molecular flexibility index (Phi) is 6.60. The Morgan fingerprint density at radius 2 is 2.06 bits per heavy atom. The molecule has 2 aromatic heterocycles. The van der Waals surface area contributed by atoms with Gasteiger partial charge in [-0.3, -0.25) is 14.2 Å². The number of amides is 1. The van der Waals surface area contributed by atoms with Gasteiger partial charge in [0.25, 0.3) is 5.56 Å². The number of rotatable bonds is 7. The van der Waals surface area contributed by atoms with Crippen LogP contribution in [-0.2, 0) is 16.1 Å². The van der Waals surface area contributed by atoms with Crippen molar-refractivity contribution in [3.05, 3.63) is 76.7 Å². The summed E-state index contributed by atoms with van der Waals surface area (Å²) in [4.78, 5) is 34.8. The maximum Gasteiger partial charge on any atom is 0.263 e. The van der Waals surface area contributed by atoms with Gasteiger partial charge in [0.2, 0.25) is 5.91 Å². The largest absolute Gasteiger partial charge is 0.376 e. The number of carbonyl (C=O) groups is 1. The number of pyridine rings is 1. The zero-order valence-corrected chi connectivity index (χ0v) is 19.8. The summed E-state index contributed by atoms with van der Waals surface area (Å²) in [5.41, 5.74) is 1.28. The van der Waals surface area contributed by atoms with Crippen LogP contribution in [0, 0.1) is 0 Å². The predicted octanol–water partition coefficient (Wildman–Crippen LogP) is 4.09. The van der Waals surface area contributed by atoms with E-state index < -0.39 is 0 Å². The van der Waals surface area contributed by atoms with Gasteiger partial charge in [-0.25, -0.2) is 9.97 Å². The SMILES string of the molecule is C[C@H](NC(=O)CSc1nc2ncccc2c(=O)n1C[C@@H]1CCCO1)c1ccc2ccccc2c1. The molecule has 2 aromatic carbocycles. The van der Waals surface area contributed by atoms with Crippen LogP contribution in [0.2, 0.25) is 0 Å². The zero-order chi connectivity index (χ0) is 23.5. The van der Waals surface area contributed by atoms with Gasteiger partial charge in [0.05, 0.1) is 29.8 Å². The maximum absolute atomic E-state index is 13.2. The van der Waals surface area contributed by atoms with E-state index in [-0.39, 0.29) is 29.4 Å². The lowest BCUT2D eigenvalue weighted by atomic mass is 10.0. The third kappa shape index (κ3) is 4.83. The zero-order valence-electron chi connectivity index (χ0n) is 18.9. The van der Waals surface area contributed by atoms with E-state index in [1.807, 2.05) is 25.1 Å². The number of fused-ring (bicyclic) bond motifs is 2. The summed E-state index contributed by atoms with van der Waals surface area (Å²) in [6.07, 6.45) is 3.49. The van der Waals surface area contributed by atoms with Crippen LogP contribution in [0.1, 0.15) is 31.4 Å². The van der Waals surface area contributed by atoms with Crippen LogP contribution in [-0.4, -0.2) is 38.9 Å². The topological polar surface area (TPSA) is 86.1 Å². The van der Waals surface area contributed by atoms with Crippen LogP contribution in [0.3, 0.4) is 0 Å². The first kappa shape index (κ1) is 22.6. The van der Waals surface area contributed by atoms with Crippen LogP contribution < -0.4 is 10.9 Å². The highest BCUT2D eigenvalue weighted by Crippen LogP contribution is 2.22. The van der Waals surface area contributed by atoms with Gasteiger partial charge >= 0.3 is 0 Å². The Bertz CT molecular complexity index is 1400. The molecule has 1 saturated heterocycles. The number of benzene rings is 2. The molecule has 4 aromatic rings. The summed E-state index contributed by atoms with van der Waals surface area (Å²) in [6, 6.07) is 17.7. The van der Waals surface area contributed by atoms with Crippen molar-refractivity contribution in [1.29, 1.82) is 0 Å². The fourth-order valence-corrected chi connectivity index (χ4v) is 5.08. The number of nitrogens with one attached hydrogen (secondary N) is 1. The first-order valence-corrected chi connectivity index (χ1v) is 12.4. The molecule has 1 aliphatic rings. The Balaban J connectivity index is 1.32. The van der Waals surface area contributed by atoms with Crippen molar-refractivity contribution in [3.63, 3.8) is 0 Å². The fraction of sp³-hybridized carbons (Fsp3) is 0.308. The molecule has 0 aliphatic carbocycles. The number of thioether (sulfide) groups is 1. The van der Waals surface area contributed by atoms with E-state index in [0.717, 1.165) is 23.8 Å². The summed E-state index contributed by atoms with van der Waals surface area (Å²) >= 11 is 1.25. The van der Waals surface area contributed by atoms with Gasteiger partial charge in [-0.05, 0) is 54.3 Å². The first-order chi connectivity index (χ1) is 16.6.